The van der Waals surface area contributed by atoms with Crippen LogP contribution >= 0.6 is 0 Å². The minimum Gasteiger partial charge on any atom is -0.508 e. The minimum atomic E-state index is 0.423. The summed E-state index contributed by atoms with van der Waals surface area (Å²) in [5.74, 6) is 0.423. The monoisotopic (exact) mass is 191 g/mol. The highest BCUT2D eigenvalue weighted by molar-refractivity contribution is 5.31. The zero-order valence-electron chi connectivity index (χ0n) is 8.61. The van der Waals surface area contributed by atoms with Crippen LogP contribution in [0, 0.1) is 0 Å². The van der Waals surface area contributed by atoms with Gasteiger partial charge in [0.2, 0.25) is 0 Å². The van der Waals surface area contributed by atoms with Crippen LogP contribution in [0.15, 0.2) is 24.3 Å². The van der Waals surface area contributed by atoms with E-state index in [1.807, 2.05) is 18.2 Å². The third-order valence-electron chi connectivity index (χ3n) is 3.06. The lowest BCUT2D eigenvalue weighted by molar-refractivity contribution is 0.257. The van der Waals surface area contributed by atoms with Gasteiger partial charge in [-0.05, 0) is 32.4 Å². The molecule has 0 radical (unpaired) electrons. The lowest BCUT2D eigenvalue weighted by Gasteiger charge is -2.21. The number of hydrogen-bond donors (Lipinski definition) is 1. The van der Waals surface area contributed by atoms with Crippen molar-refractivity contribution in [2.75, 3.05) is 6.54 Å². The molecule has 1 unspecified atom stereocenters. The van der Waals surface area contributed by atoms with E-state index < -0.39 is 0 Å². The van der Waals surface area contributed by atoms with Crippen LogP contribution in [-0.2, 0) is 6.54 Å². The van der Waals surface area contributed by atoms with Gasteiger partial charge in [0.25, 0.3) is 0 Å². The highest BCUT2D eigenvalue weighted by atomic mass is 16.3. The third kappa shape index (κ3) is 1.90. The van der Waals surface area contributed by atoms with Crippen molar-refractivity contribution < 1.29 is 5.11 Å². The number of aromatic hydroxyl groups is 1. The standard InChI is InChI=1S/C12H17NO/c1-10-5-4-8-13(10)9-11-6-2-3-7-12(11)14/h2-3,6-7,10,14H,4-5,8-9H2,1H3. The number of hydrogen-bond acceptors (Lipinski definition) is 2. The normalized spacial score (nSPS) is 22.8. The second-order valence-corrected chi connectivity index (χ2v) is 4.09. The lowest BCUT2D eigenvalue weighted by Crippen LogP contribution is -2.26. The predicted molar refractivity (Wildman–Crippen MR) is 57.2 cm³/mol. The molecule has 1 saturated heterocycles. The molecule has 1 aromatic carbocycles. The largest absolute Gasteiger partial charge is 0.508 e. The molecule has 14 heavy (non-hydrogen) atoms. The number of nitrogens with zero attached hydrogens (tertiary/aromatic N) is 1. The van der Waals surface area contributed by atoms with Crippen molar-refractivity contribution in [3.05, 3.63) is 29.8 Å². The van der Waals surface area contributed by atoms with E-state index in [-0.39, 0.29) is 0 Å². The van der Waals surface area contributed by atoms with Gasteiger partial charge in [0, 0.05) is 18.2 Å². The second-order valence-electron chi connectivity index (χ2n) is 4.09. The summed E-state index contributed by atoms with van der Waals surface area (Å²) in [5, 5.41) is 9.63. The molecule has 1 atom stereocenters. The number of phenolic OH excluding ortho intramolecular Hbond substituents is 1. The fourth-order valence-corrected chi connectivity index (χ4v) is 2.09. The Bertz CT molecular complexity index is 311. The average molecular weight is 191 g/mol. The molecule has 0 spiro atoms. The third-order valence-corrected chi connectivity index (χ3v) is 3.06. The van der Waals surface area contributed by atoms with Gasteiger partial charge in [0.1, 0.15) is 5.75 Å². The number of benzene rings is 1. The average Bonchev–Trinajstić information content (AvgIpc) is 2.56. The van der Waals surface area contributed by atoms with E-state index in [1.165, 1.54) is 12.8 Å². The number of phenols is 1. The Morgan fingerprint density at radius 1 is 1.43 bits per heavy atom. The van der Waals surface area contributed by atoms with Gasteiger partial charge in [-0.25, -0.2) is 0 Å². The van der Waals surface area contributed by atoms with Gasteiger partial charge in [-0.1, -0.05) is 18.2 Å². The molecule has 1 N–H and O–H groups in total. The van der Waals surface area contributed by atoms with Gasteiger partial charge in [0.05, 0.1) is 0 Å². The SMILES string of the molecule is CC1CCCN1Cc1ccccc1O. The Morgan fingerprint density at radius 2 is 2.21 bits per heavy atom. The Labute approximate surface area is 85.2 Å². The minimum absolute atomic E-state index is 0.423. The van der Waals surface area contributed by atoms with Crippen molar-refractivity contribution in [1.82, 2.24) is 4.90 Å². The van der Waals surface area contributed by atoms with E-state index in [4.69, 9.17) is 0 Å². The summed E-state index contributed by atoms with van der Waals surface area (Å²) in [6, 6.07) is 8.27. The first kappa shape index (κ1) is 9.53. The number of para-hydroxylation sites is 1. The fraction of sp³-hybridized carbons (Fsp3) is 0.500. The summed E-state index contributed by atoms with van der Waals surface area (Å²) in [6.45, 7) is 4.30. The van der Waals surface area contributed by atoms with Crippen LogP contribution in [0.4, 0.5) is 0 Å². The predicted octanol–water partition coefficient (Wildman–Crippen LogP) is 2.38. The van der Waals surface area contributed by atoms with Crippen molar-refractivity contribution in [2.45, 2.75) is 32.4 Å². The molecule has 76 valence electrons. The Balaban J connectivity index is 2.07. The van der Waals surface area contributed by atoms with Crippen LogP contribution in [0.25, 0.3) is 0 Å². The maximum Gasteiger partial charge on any atom is 0.120 e. The topological polar surface area (TPSA) is 23.5 Å². The van der Waals surface area contributed by atoms with Gasteiger partial charge >= 0.3 is 0 Å². The molecule has 1 fully saturated rings. The first-order chi connectivity index (χ1) is 6.77. The van der Waals surface area contributed by atoms with Crippen LogP contribution in [0.5, 0.6) is 5.75 Å². The van der Waals surface area contributed by atoms with Crippen LogP contribution in [0.3, 0.4) is 0 Å². The molecule has 0 saturated carbocycles. The van der Waals surface area contributed by atoms with E-state index >= 15 is 0 Å². The van der Waals surface area contributed by atoms with Gasteiger partial charge in [0.15, 0.2) is 0 Å². The van der Waals surface area contributed by atoms with Gasteiger partial charge < -0.3 is 5.11 Å². The highest BCUT2D eigenvalue weighted by Gasteiger charge is 2.20. The molecule has 0 amide bonds. The van der Waals surface area contributed by atoms with Crippen molar-refractivity contribution >= 4 is 0 Å². The lowest BCUT2D eigenvalue weighted by atomic mass is 10.2. The molecule has 1 heterocycles. The zero-order valence-corrected chi connectivity index (χ0v) is 8.61. The Morgan fingerprint density at radius 3 is 2.86 bits per heavy atom. The van der Waals surface area contributed by atoms with Crippen molar-refractivity contribution in [3.63, 3.8) is 0 Å². The maximum atomic E-state index is 9.63. The van der Waals surface area contributed by atoms with Crippen LogP contribution in [-0.4, -0.2) is 22.6 Å². The number of likely N-dealkylation sites (tertiary alicyclic amines) is 1. The van der Waals surface area contributed by atoms with E-state index in [1.54, 1.807) is 6.07 Å². The van der Waals surface area contributed by atoms with Crippen molar-refractivity contribution in [1.29, 1.82) is 0 Å². The molecule has 2 heteroatoms. The van der Waals surface area contributed by atoms with Crippen LogP contribution in [0.2, 0.25) is 0 Å². The molecule has 1 aromatic rings. The summed E-state index contributed by atoms with van der Waals surface area (Å²) < 4.78 is 0. The van der Waals surface area contributed by atoms with Crippen molar-refractivity contribution in [2.24, 2.45) is 0 Å². The van der Waals surface area contributed by atoms with Crippen LogP contribution in [0.1, 0.15) is 25.3 Å². The van der Waals surface area contributed by atoms with Crippen LogP contribution < -0.4 is 0 Å². The highest BCUT2D eigenvalue weighted by Crippen LogP contribution is 2.23. The first-order valence-corrected chi connectivity index (χ1v) is 5.28. The van der Waals surface area contributed by atoms with Gasteiger partial charge in [-0.15, -0.1) is 0 Å². The summed E-state index contributed by atoms with van der Waals surface area (Å²) >= 11 is 0. The Hall–Kier alpha value is -1.02. The molecular formula is C12H17NO. The quantitative estimate of drug-likeness (QED) is 0.775. The van der Waals surface area contributed by atoms with E-state index in [0.717, 1.165) is 18.7 Å². The molecular weight excluding hydrogens is 174 g/mol. The van der Waals surface area contributed by atoms with E-state index in [0.29, 0.717) is 11.8 Å². The summed E-state index contributed by atoms with van der Waals surface area (Å²) in [7, 11) is 0. The van der Waals surface area contributed by atoms with Gasteiger partial charge in [-0.3, -0.25) is 4.90 Å². The zero-order chi connectivity index (χ0) is 9.97. The maximum absolute atomic E-state index is 9.63. The Kier molecular flexibility index (Phi) is 2.73. The summed E-state index contributed by atoms with van der Waals surface area (Å²) in [6.07, 6.45) is 2.57. The molecule has 0 bridgehead atoms. The second kappa shape index (κ2) is 4.01. The molecule has 0 aliphatic carbocycles. The first-order valence-electron chi connectivity index (χ1n) is 5.28. The fourth-order valence-electron chi connectivity index (χ4n) is 2.09. The molecule has 1 aliphatic heterocycles. The summed E-state index contributed by atoms with van der Waals surface area (Å²) in [5.41, 5.74) is 1.04. The molecule has 1 aliphatic rings. The van der Waals surface area contributed by atoms with E-state index in [9.17, 15) is 5.11 Å². The molecule has 0 aromatic heterocycles. The summed E-state index contributed by atoms with van der Waals surface area (Å²) in [4.78, 5) is 2.43. The molecule has 2 rings (SSSR count). The van der Waals surface area contributed by atoms with Crippen molar-refractivity contribution in [3.8, 4) is 5.75 Å². The van der Waals surface area contributed by atoms with Gasteiger partial charge in [-0.2, -0.15) is 0 Å². The van der Waals surface area contributed by atoms with E-state index in [2.05, 4.69) is 11.8 Å². The smallest absolute Gasteiger partial charge is 0.120 e. The molecule has 2 nitrogen and oxygen atoms in total. The number of rotatable bonds is 2.